The largest absolute Gasteiger partial charge is 0.497 e. The zero-order valence-electron chi connectivity index (χ0n) is 12.8. The predicted molar refractivity (Wildman–Crippen MR) is 84.5 cm³/mol. The van der Waals surface area contributed by atoms with Crippen LogP contribution in [0.1, 0.15) is 13.8 Å². The number of halogens is 1. The molecule has 0 aromatic heterocycles. The molecule has 0 saturated heterocycles. The Morgan fingerprint density at radius 2 is 1.86 bits per heavy atom. The average molecular weight is 318 g/mol. The smallest absolute Gasteiger partial charge is 0.344 e. The highest BCUT2D eigenvalue weighted by Gasteiger charge is 2.06. The summed E-state index contributed by atoms with van der Waals surface area (Å²) in [5.74, 6) is 0.919. The van der Waals surface area contributed by atoms with E-state index < -0.39 is 0 Å². The number of hydrogen-bond donors (Lipinski definition) is 0. The molecule has 21 heavy (non-hydrogen) atoms. The lowest BCUT2D eigenvalue weighted by Crippen LogP contribution is -2.28. The number of methoxy groups -OCH3 is 1. The number of ether oxygens (including phenoxy) is 3. The lowest BCUT2D eigenvalue weighted by molar-refractivity contribution is -0.146. The Morgan fingerprint density at radius 1 is 1.19 bits per heavy atom. The molecule has 0 bridgehead atoms. The van der Waals surface area contributed by atoms with E-state index in [9.17, 15) is 4.79 Å². The van der Waals surface area contributed by atoms with Crippen molar-refractivity contribution < 1.29 is 19.0 Å². The first-order valence-electron chi connectivity index (χ1n) is 6.84. The highest BCUT2D eigenvalue weighted by atomic mass is 35.5. The van der Waals surface area contributed by atoms with Gasteiger partial charge in [-0.25, -0.2) is 4.79 Å². The Bertz CT molecular complexity index is 410. The number of esters is 1. The first-order chi connectivity index (χ1) is 9.69. The zero-order valence-corrected chi connectivity index (χ0v) is 13.6. The van der Waals surface area contributed by atoms with Gasteiger partial charge in [-0.15, -0.1) is 12.4 Å². The highest BCUT2D eigenvalue weighted by Crippen LogP contribution is 2.18. The number of likely N-dealkylation sites (N-methyl/N-ethyl adjacent to an activating group) is 1. The minimum absolute atomic E-state index is 0. The molecule has 0 aliphatic carbocycles. The van der Waals surface area contributed by atoms with Crippen LogP contribution in [-0.4, -0.2) is 50.8 Å². The van der Waals surface area contributed by atoms with Crippen LogP contribution in [0.25, 0.3) is 0 Å². The third kappa shape index (κ3) is 7.78. The summed E-state index contributed by atoms with van der Waals surface area (Å²) >= 11 is 0. The van der Waals surface area contributed by atoms with Crippen molar-refractivity contribution in [1.82, 2.24) is 4.90 Å². The third-order valence-corrected chi connectivity index (χ3v) is 2.96. The standard InChI is InChI=1S/C15H23NO4.ClH/c1-4-16(5-2)9-10-19-15(17)12-20-14-8-6-7-13(11-14)18-3;/h6-8,11H,4-5,9-10,12H2,1-3H3;1H. The van der Waals surface area contributed by atoms with Gasteiger partial charge in [0.25, 0.3) is 0 Å². The molecular formula is C15H24ClNO4. The predicted octanol–water partition coefficient (Wildman–Crippen LogP) is 2.38. The van der Waals surface area contributed by atoms with Crippen LogP contribution in [0.4, 0.5) is 0 Å². The molecule has 0 atom stereocenters. The number of carbonyl (C=O) groups is 1. The van der Waals surface area contributed by atoms with Gasteiger partial charge in [-0.05, 0) is 25.2 Å². The van der Waals surface area contributed by atoms with Gasteiger partial charge in [-0.1, -0.05) is 19.9 Å². The average Bonchev–Trinajstić information content (AvgIpc) is 2.49. The van der Waals surface area contributed by atoms with Crippen molar-refractivity contribution in [2.75, 3.05) is 40.0 Å². The quantitative estimate of drug-likeness (QED) is 0.654. The fraction of sp³-hybridized carbons (Fsp3) is 0.533. The normalized spacial score (nSPS) is 9.90. The van der Waals surface area contributed by atoms with Crippen LogP contribution >= 0.6 is 12.4 Å². The molecule has 0 aliphatic heterocycles. The Kier molecular flexibility index (Phi) is 10.4. The molecule has 1 rings (SSSR count). The number of benzene rings is 1. The summed E-state index contributed by atoms with van der Waals surface area (Å²) in [5.41, 5.74) is 0. The van der Waals surface area contributed by atoms with Crippen molar-refractivity contribution in [2.45, 2.75) is 13.8 Å². The summed E-state index contributed by atoms with van der Waals surface area (Å²) in [6.07, 6.45) is 0. The maximum absolute atomic E-state index is 11.5. The fourth-order valence-corrected chi connectivity index (χ4v) is 1.70. The molecule has 6 heteroatoms. The van der Waals surface area contributed by atoms with Crippen LogP contribution in [-0.2, 0) is 9.53 Å². The molecule has 1 aromatic rings. The first-order valence-corrected chi connectivity index (χ1v) is 6.84. The second kappa shape index (κ2) is 11.2. The molecule has 0 unspecified atom stereocenters. The van der Waals surface area contributed by atoms with Crippen LogP contribution in [0.5, 0.6) is 11.5 Å². The van der Waals surface area contributed by atoms with Crippen LogP contribution < -0.4 is 9.47 Å². The summed E-state index contributed by atoms with van der Waals surface area (Å²) in [6.45, 7) is 7.11. The van der Waals surface area contributed by atoms with Gasteiger partial charge in [-0.3, -0.25) is 0 Å². The molecular weight excluding hydrogens is 294 g/mol. The van der Waals surface area contributed by atoms with Crippen molar-refractivity contribution >= 4 is 18.4 Å². The van der Waals surface area contributed by atoms with E-state index in [1.165, 1.54) is 0 Å². The summed E-state index contributed by atoms with van der Waals surface area (Å²) in [4.78, 5) is 13.7. The van der Waals surface area contributed by atoms with E-state index in [-0.39, 0.29) is 25.0 Å². The molecule has 1 aromatic carbocycles. The Labute approximate surface area is 132 Å². The highest BCUT2D eigenvalue weighted by molar-refractivity contribution is 5.85. The van der Waals surface area contributed by atoms with E-state index in [0.29, 0.717) is 18.1 Å². The molecule has 5 nitrogen and oxygen atoms in total. The van der Waals surface area contributed by atoms with E-state index in [1.54, 1.807) is 25.3 Å². The maximum Gasteiger partial charge on any atom is 0.344 e. The van der Waals surface area contributed by atoms with Crippen molar-refractivity contribution in [3.8, 4) is 11.5 Å². The molecule has 0 saturated carbocycles. The van der Waals surface area contributed by atoms with Crippen molar-refractivity contribution in [1.29, 1.82) is 0 Å². The Morgan fingerprint density at radius 3 is 2.48 bits per heavy atom. The lowest BCUT2D eigenvalue weighted by atomic mass is 10.3. The Balaban J connectivity index is 0.00000400. The fourth-order valence-electron chi connectivity index (χ4n) is 1.70. The summed E-state index contributed by atoms with van der Waals surface area (Å²) in [5, 5.41) is 0. The maximum atomic E-state index is 11.5. The first kappa shape index (κ1) is 19.5. The Hall–Kier alpha value is -1.46. The zero-order chi connectivity index (χ0) is 14.8. The van der Waals surface area contributed by atoms with Gasteiger partial charge in [-0.2, -0.15) is 0 Å². The molecule has 0 amide bonds. The van der Waals surface area contributed by atoms with Crippen molar-refractivity contribution in [3.63, 3.8) is 0 Å². The molecule has 0 aliphatic rings. The molecule has 0 spiro atoms. The second-order valence-corrected chi connectivity index (χ2v) is 4.22. The van der Waals surface area contributed by atoms with E-state index in [2.05, 4.69) is 18.7 Å². The van der Waals surface area contributed by atoms with E-state index in [1.807, 2.05) is 6.07 Å². The topological polar surface area (TPSA) is 48.0 Å². The van der Waals surface area contributed by atoms with Crippen LogP contribution in [0, 0.1) is 0 Å². The number of rotatable bonds is 9. The van der Waals surface area contributed by atoms with Gasteiger partial charge >= 0.3 is 5.97 Å². The monoisotopic (exact) mass is 317 g/mol. The molecule has 120 valence electrons. The van der Waals surface area contributed by atoms with E-state index in [0.717, 1.165) is 19.6 Å². The molecule has 0 heterocycles. The van der Waals surface area contributed by atoms with Gasteiger partial charge in [0.15, 0.2) is 6.61 Å². The summed E-state index contributed by atoms with van der Waals surface area (Å²) < 4.78 is 15.5. The number of hydrogen-bond acceptors (Lipinski definition) is 5. The third-order valence-electron chi connectivity index (χ3n) is 2.96. The lowest BCUT2D eigenvalue weighted by Gasteiger charge is -2.17. The minimum atomic E-state index is -0.361. The molecule has 0 N–H and O–H groups in total. The van der Waals surface area contributed by atoms with Crippen LogP contribution in [0.15, 0.2) is 24.3 Å². The van der Waals surface area contributed by atoms with Crippen LogP contribution in [0.2, 0.25) is 0 Å². The van der Waals surface area contributed by atoms with Gasteiger partial charge < -0.3 is 19.1 Å². The van der Waals surface area contributed by atoms with Crippen molar-refractivity contribution in [3.05, 3.63) is 24.3 Å². The van der Waals surface area contributed by atoms with Gasteiger partial charge in [0.2, 0.25) is 0 Å². The summed E-state index contributed by atoms with van der Waals surface area (Å²) in [7, 11) is 1.58. The van der Waals surface area contributed by atoms with Crippen molar-refractivity contribution in [2.24, 2.45) is 0 Å². The molecule has 0 fully saturated rings. The van der Waals surface area contributed by atoms with E-state index in [4.69, 9.17) is 14.2 Å². The van der Waals surface area contributed by atoms with Gasteiger partial charge in [0, 0.05) is 12.6 Å². The summed E-state index contributed by atoms with van der Waals surface area (Å²) in [6, 6.07) is 7.12. The molecule has 0 radical (unpaired) electrons. The van der Waals surface area contributed by atoms with Gasteiger partial charge in [0.1, 0.15) is 18.1 Å². The van der Waals surface area contributed by atoms with Crippen LogP contribution in [0.3, 0.4) is 0 Å². The minimum Gasteiger partial charge on any atom is -0.497 e. The number of nitrogens with zero attached hydrogens (tertiary/aromatic N) is 1. The van der Waals surface area contributed by atoms with Gasteiger partial charge in [0.05, 0.1) is 7.11 Å². The SMILES string of the molecule is CCN(CC)CCOC(=O)COc1cccc(OC)c1.Cl. The van der Waals surface area contributed by atoms with E-state index >= 15 is 0 Å². The second-order valence-electron chi connectivity index (χ2n) is 4.22. The number of carbonyl (C=O) groups excluding carboxylic acids is 1.